The van der Waals surface area contributed by atoms with Gasteiger partial charge in [0.05, 0.1) is 12.8 Å². The Labute approximate surface area is 167 Å². The Morgan fingerprint density at radius 2 is 1.71 bits per heavy atom. The van der Waals surface area contributed by atoms with E-state index in [0.29, 0.717) is 18.8 Å². The smallest absolute Gasteiger partial charge is 0.318 e. The maximum atomic E-state index is 13.1. The molecular formula is C22H31N3O3. The van der Waals surface area contributed by atoms with Gasteiger partial charge in [-0.15, -0.1) is 0 Å². The number of furan rings is 1. The second-order valence-electron chi connectivity index (χ2n) is 8.22. The van der Waals surface area contributed by atoms with Crippen LogP contribution in [0.5, 0.6) is 0 Å². The maximum absolute atomic E-state index is 13.1. The highest BCUT2D eigenvalue weighted by Gasteiger charge is 2.26. The number of urea groups is 1. The number of carbonyl (C=O) groups excluding carboxylic acids is 2. The number of hydrogen-bond donors (Lipinski definition) is 1. The number of carbonyl (C=O) groups is 2. The zero-order valence-electron chi connectivity index (χ0n) is 17.4. The van der Waals surface area contributed by atoms with Gasteiger partial charge in [0, 0.05) is 18.1 Å². The summed E-state index contributed by atoms with van der Waals surface area (Å²) in [6, 6.07) is 13.1. The number of nitrogens with one attached hydrogen (secondary N) is 1. The van der Waals surface area contributed by atoms with E-state index >= 15 is 0 Å². The molecule has 0 unspecified atom stereocenters. The van der Waals surface area contributed by atoms with Crippen LogP contribution in [0.1, 0.15) is 45.9 Å². The first-order valence-electron chi connectivity index (χ1n) is 9.58. The zero-order chi connectivity index (χ0) is 20.7. The van der Waals surface area contributed by atoms with Crippen LogP contribution in [0, 0.1) is 0 Å². The highest BCUT2D eigenvalue weighted by Crippen LogP contribution is 2.13. The first kappa shape index (κ1) is 21.5. The van der Waals surface area contributed by atoms with Gasteiger partial charge in [-0.25, -0.2) is 4.79 Å². The zero-order valence-corrected chi connectivity index (χ0v) is 17.4. The third kappa shape index (κ3) is 6.76. The minimum Gasteiger partial charge on any atom is -0.467 e. The monoisotopic (exact) mass is 385 g/mol. The molecule has 0 radical (unpaired) electrons. The molecule has 2 aromatic rings. The molecule has 0 atom stereocenters. The van der Waals surface area contributed by atoms with Gasteiger partial charge in [0.25, 0.3) is 0 Å². The van der Waals surface area contributed by atoms with Crippen molar-refractivity contribution >= 4 is 11.9 Å². The van der Waals surface area contributed by atoms with Crippen LogP contribution in [-0.2, 0) is 17.9 Å². The fraction of sp³-hybridized carbons (Fsp3) is 0.455. The predicted molar refractivity (Wildman–Crippen MR) is 110 cm³/mol. The summed E-state index contributed by atoms with van der Waals surface area (Å²) in [5.41, 5.74) is 0.656. The van der Waals surface area contributed by atoms with Crippen molar-refractivity contribution < 1.29 is 14.0 Å². The fourth-order valence-electron chi connectivity index (χ4n) is 2.75. The molecule has 0 fully saturated rings. The summed E-state index contributed by atoms with van der Waals surface area (Å²) in [4.78, 5) is 29.1. The van der Waals surface area contributed by atoms with Gasteiger partial charge in [0.15, 0.2) is 0 Å². The Morgan fingerprint density at radius 1 is 1.04 bits per heavy atom. The number of amides is 3. The molecule has 28 heavy (non-hydrogen) atoms. The summed E-state index contributed by atoms with van der Waals surface area (Å²) in [5, 5.41) is 2.94. The van der Waals surface area contributed by atoms with Crippen LogP contribution in [0.15, 0.2) is 53.1 Å². The van der Waals surface area contributed by atoms with E-state index < -0.39 is 0 Å². The molecule has 1 N–H and O–H groups in total. The minimum absolute atomic E-state index is 0.00707. The average molecular weight is 386 g/mol. The normalized spacial score (nSPS) is 11.4. The van der Waals surface area contributed by atoms with Crippen molar-refractivity contribution in [3.8, 4) is 0 Å². The third-order valence-electron chi connectivity index (χ3n) is 4.17. The molecular weight excluding hydrogens is 354 g/mol. The largest absolute Gasteiger partial charge is 0.467 e. The van der Waals surface area contributed by atoms with Crippen LogP contribution in [0.4, 0.5) is 4.79 Å². The summed E-state index contributed by atoms with van der Waals surface area (Å²) in [6.45, 7) is 10.4. The van der Waals surface area contributed by atoms with Gasteiger partial charge in [-0.05, 0) is 52.3 Å². The summed E-state index contributed by atoms with van der Waals surface area (Å²) in [5.74, 6) is 0.581. The maximum Gasteiger partial charge on any atom is 0.318 e. The van der Waals surface area contributed by atoms with Crippen molar-refractivity contribution in [1.29, 1.82) is 0 Å². The molecule has 0 aliphatic carbocycles. The lowest BCUT2D eigenvalue weighted by molar-refractivity contribution is -0.133. The molecule has 1 aromatic heterocycles. The highest BCUT2D eigenvalue weighted by molar-refractivity contribution is 5.84. The molecule has 2 rings (SSSR count). The molecule has 3 amide bonds. The lowest BCUT2D eigenvalue weighted by Gasteiger charge is -2.32. The van der Waals surface area contributed by atoms with Crippen LogP contribution >= 0.6 is 0 Å². The van der Waals surface area contributed by atoms with E-state index in [1.54, 1.807) is 22.1 Å². The van der Waals surface area contributed by atoms with Crippen LogP contribution < -0.4 is 5.32 Å². The lowest BCUT2D eigenvalue weighted by Crippen LogP contribution is -2.53. The number of rotatable bonds is 7. The summed E-state index contributed by atoms with van der Waals surface area (Å²) in [6.07, 6.45) is 1.59. The first-order valence-corrected chi connectivity index (χ1v) is 9.58. The van der Waals surface area contributed by atoms with E-state index in [1.807, 2.05) is 71.0 Å². The molecule has 0 aliphatic heterocycles. The molecule has 1 heterocycles. The number of nitrogens with zero attached hydrogens (tertiary/aromatic N) is 2. The van der Waals surface area contributed by atoms with Gasteiger partial charge >= 0.3 is 6.03 Å². The van der Waals surface area contributed by atoms with Gasteiger partial charge in [0.2, 0.25) is 5.91 Å². The fourth-order valence-corrected chi connectivity index (χ4v) is 2.75. The summed E-state index contributed by atoms with van der Waals surface area (Å²) in [7, 11) is 0. The van der Waals surface area contributed by atoms with Crippen molar-refractivity contribution in [2.24, 2.45) is 0 Å². The van der Waals surface area contributed by atoms with Crippen LogP contribution in [-0.4, -0.2) is 39.9 Å². The Hall–Kier alpha value is -2.76. The van der Waals surface area contributed by atoms with Gasteiger partial charge in [-0.2, -0.15) is 0 Å². The van der Waals surface area contributed by atoms with E-state index in [2.05, 4.69) is 5.32 Å². The summed E-state index contributed by atoms with van der Waals surface area (Å²) >= 11 is 0. The van der Waals surface area contributed by atoms with Gasteiger partial charge in [-0.3, -0.25) is 4.79 Å². The minimum atomic E-state index is -0.370. The quantitative estimate of drug-likeness (QED) is 0.783. The molecule has 0 bridgehead atoms. The van der Waals surface area contributed by atoms with Gasteiger partial charge in [-0.1, -0.05) is 30.3 Å². The molecule has 6 heteroatoms. The topological polar surface area (TPSA) is 65.8 Å². The van der Waals surface area contributed by atoms with Crippen LogP contribution in [0.25, 0.3) is 0 Å². The van der Waals surface area contributed by atoms with Crippen molar-refractivity contribution in [3.63, 3.8) is 0 Å². The molecule has 0 aliphatic rings. The van der Waals surface area contributed by atoms with E-state index in [9.17, 15) is 9.59 Å². The molecule has 0 saturated carbocycles. The Balaban J connectivity index is 2.15. The van der Waals surface area contributed by atoms with Crippen molar-refractivity contribution in [1.82, 2.24) is 15.1 Å². The van der Waals surface area contributed by atoms with E-state index in [-0.39, 0.29) is 30.1 Å². The standard InChI is InChI=1S/C22H31N3O3/c1-17(2)25(21(27)23-22(3,4)5)16-20(26)24(15-19-12-9-13-28-19)14-18-10-7-6-8-11-18/h6-13,17H,14-16H2,1-5H3,(H,23,27). The Bertz CT molecular complexity index is 749. The molecule has 0 saturated heterocycles. The number of hydrogen-bond acceptors (Lipinski definition) is 3. The predicted octanol–water partition coefficient (Wildman–Crippen LogP) is 4.03. The third-order valence-corrected chi connectivity index (χ3v) is 4.17. The van der Waals surface area contributed by atoms with Crippen molar-refractivity contribution in [3.05, 3.63) is 60.1 Å². The second-order valence-corrected chi connectivity index (χ2v) is 8.22. The van der Waals surface area contributed by atoms with E-state index in [4.69, 9.17) is 4.42 Å². The average Bonchev–Trinajstić information content (AvgIpc) is 3.11. The first-order chi connectivity index (χ1) is 13.2. The SMILES string of the molecule is CC(C)N(CC(=O)N(Cc1ccccc1)Cc1ccco1)C(=O)NC(C)(C)C. The lowest BCUT2D eigenvalue weighted by atomic mass is 10.1. The molecule has 0 spiro atoms. The highest BCUT2D eigenvalue weighted by atomic mass is 16.3. The number of benzene rings is 1. The van der Waals surface area contributed by atoms with E-state index in [0.717, 1.165) is 5.56 Å². The van der Waals surface area contributed by atoms with Gasteiger partial charge in [0.1, 0.15) is 12.3 Å². The molecule has 152 valence electrons. The van der Waals surface area contributed by atoms with Crippen molar-refractivity contribution in [2.75, 3.05) is 6.54 Å². The van der Waals surface area contributed by atoms with Gasteiger partial charge < -0.3 is 19.5 Å². The second kappa shape index (κ2) is 9.44. The van der Waals surface area contributed by atoms with Crippen molar-refractivity contribution in [2.45, 2.75) is 59.3 Å². The van der Waals surface area contributed by atoms with E-state index in [1.165, 1.54) is 0 Å². The Kier molecular flexibility index (Phi) is 7.26. The Morgan fingerprint density at radius 3 is 2.25 bits per heavy atom. The van der Waals surface area contributed by atoms with Crippen LogP contribution in [0.3, 0.4) is 0 Å². The van der Waals surface area contributed by atoms with Crippen LogP contribution in [0.2, 0.25) is 0 Å². The molecule has 1 aromatic carbocycles. The molecule has 6 nitrogen and oxygen atoms in total. The summed E-state index contributed by atoms with van der Waals surface area (Å²) < 4.78 is 5.43.